The highest BCUT2D eigenvalue weighted by Crippen LogP contribution is 2.21. The van der Waals surface area contributed by atoms with E-state index in [2.05, 4.69) is 36.3 Å². The van der Waals surface area contributed by atoms with Gasteiger partial charge in [-0.1, -0.05) is 31.2 Å². The highest BCUT2D eigenvalue weighted by Gasteiger charge is 2.08. The predicted octanol–water partition coefficient (Wildman–Crippen LogP) is 2.67. The number of rotatable bonds is 5. The Morgan fingerprint density at radius 1 is 1.32 bits per heavy atom. The lowest BCUT2D eigenvalue weighted by atomic mass is 10.1. The summed E-state index contributed by atoms with van der Waals surface area (Å²) >= 11 is 0. The Balaban J connectivity index is 2.21. The minimum absolute atomic E-state index is 0.116. The van der Waals surface area contributed by atoms with Crippen LogP contribution in [0.4, 0.5) is 0 Å². The van der Waals surface area contributed by atoms with Crippen molar-refractivity contribution in [1.82, 2.24) is 9.78 Å². The van der Waals surface area contributed by atoms with Crippen LogP contribution in [0.1, 0.15) is 24.6 Å². The Hall–Kier alpha value is -2.10. The second-order valence-electron chi connectivity index (χ2n) is 4.59. The summed E-state index contributed by atoms with van der Waals surface area (Å²) in [6.07, 6.45) is 1.61. The first-order valence-corrected chi connectivity index (χ1v) is 6.44. The van der Waals surface area contributed by atoms with Crippen LogP contribution in [0.2, 0.25) is 0 Å². The molecule has 0 aliphatic rings. The number of nitrogens with zero attached hydrogens (tertiary/aromatic N) is 2. The maximum Gasteiger partial charge on any atom is 0.303 e. The predicted molar refractivity (Wildman–Crippen MR) is 74.0 cm³/mol. The molecule has 19 heavy (non-hydrogen) atoms. The molecule has 0 unspecified atom stereocenters. The SMILES string of the molecule is CCc1ccc(-c2cc(CCC(=O)O)nn2C)cc1. The van der Waals surface area contributed by atoms with Gasteiger partial charge in [0.2, 0.25) is 0 Å². The van der Waals surface area contributed by atoms with Crippen molar-refractivity contribution in [3.05, 3.63) is 41.6 Å². The molecule has 0 aliphatic carbocycles. The van der Waals surface area contributed by atoms with Crippen molar-refractivity contribution in [3.8, 4) is 11.3 Å². The van der Waals surface area contributed by atoms with Crippen LogP contribution in [0.15, 0.2) is 30.3 Å². The van der Waals surface area contributed by atoms with E-state index in [0.717, 1.165) is 23.4 Å². The van der Waals surface area contributed by atoms with Gasteiger partial charge < -0.3 is 5.11 Å². The summed E-state index contributed by atoms with van der Waals surface area (Å²) in [7, 11) is 1.88. The highest BCUT2D eigenvalue weighted by atomic mass is 16.4. The van der Waals surface area contributed by atoms with Gasteiger partial charge in [-0.3, -0.25) is 9.48 Å². The van der Waals surface area contributed by atoms with Crippen LogP contribution in [-0.4, -0.2) is 20.9 Å². The molecule has 0 radical (unpaired) electrons. The number of hydrogen-bond donors (Lipinski definition) is 1. The molecule has 1 heterocycles. The van der Waals surface area contributed by atoms with E-state index in [4.69, 9.17) is 5.11 Å². The van der Waals surface area contributed by atoms with E-state index < -0.39 is 5.97 Å². The zero-order valence-corrected chi connectivity index (χ0v) is 11.3. The maximum absolute atomic E-state index is 10.6. The monoisotopic (exact) mass is 258 g/mol. The standard InChI is InChI=1S/C15H18N2O2/c1-3-11-4-6-12(7-5-11)14-10-13(16-17(14)2)8-9-15(18)19/h4-7,10H,3,8-9H2,1-2H3,(H,18,19). The zero-order valence-electron chi connectivity index (χ0n) is 11.3. The first-order chi connectivity index (χ1) is 9.10. The molecule has 1 aromatic heterocycles. The fourth-order valence-electron chi connectivity index (χ4n) is 2.07. The highest BCUT2D eigenvalue weighted by molar-refractivity contribution is 5.67. The van der Waals surface area contributed by atoms with Crippen LogP contribution in [-0.2, 0) is 24.7 Å². The van der Waals surface area contributed by atoms with Gasteiger partial charge >= 0.3 is 5.97 Å². The Morgan fingerprint density at radius 2 is 2.00 bits per heavy atom. The molecule has 0 saturated heterocycles. The first-order valence-electron chi connectivity index (χ1n) is 6.44. The van der Waals surface area contributed by atoms with E-state index in [1.54, 1.807) is 4.68 Å². The number of aliphatic carboxylic acids is 1. The van der Waals surface area contributed by atoms with Gasteiger partial charge in [0.05, 0.1) is 17.8 Å². The summed E-state index contributed by atoms with van der Waals surface area (Å²) in [5.41, 5.74) is 4.24. The van der Waals surface area contributed by atoms with Gasteiger partial charge in [0.15, 0.2) is 0 Å². The van der Waals surface area contributed by atoms with Crippen molar-refractivity contribution in [1.29, 1.82) is 0 Å². The Morgan fingerprint density at radius 3 is 2.58 bits per heavy atom. The van der Waals surface area contributed by atoms with Gasteiger partial charge in [-0.2, -0.15) is 5.10 Å². The van der Waals surface area contributed by atoms with Crippen molar-refractivity contribution in [3.63, 3.8) is 0 Å². The third-order valence-electron chi connectivity index (χ3n) is 3.18. The summed E-state index contributed by atoms with van der Waals surface area (Å²) in [6, 6.07) is 10.3. The minimum atomic E-state index is -0.792. The van der Waals surface area contributed by atoms with Gasteiger partial charge in [0.1, 0.15) is 0 Å². The second kappa shape index (κ2) is 5.69. The molecule has 0 spiro atoms. The molecule has 1 aromatic carbocycles. The molecule has 2 rings (SSSR count). The fourth-order valence-corrected chi connectivity index (χ4v) is 2.07. The van der Waals surface area contributed by atoms with Crippen molar-refractivity contribution < 1.29 is 9.90 Å². The molecule has 0 bridgehead atoms. The third-order valence-corrected chi connectivity index (χ3v) is 3.18. The van der Waals surface area contributed by atoms with Crippen LogP contribution in [0.3, 0.4) is 0 Å². The van der Waals surface area contributed by atoms with Crippen LogP contribution in [0.5, 0.6) is 0 Å². The van der Waals surface area contributed by atoms with Gasteiger partial charge in [-0.15, -0.1) is 0 Å². The number of carboxylic acids is 1. The van der Waals surface area contributed by atoms with E-state index in [9.17, 15) is 4.79 Å². The smallest absolute Gasteiger partial charge is 0.303 e. The molecule has 100 valence electrons. The Kier molecular flexibility index (Phi) is 4.00. The van der Waals surface area contributed by atoms with E-state index in [1.165, 1.54) is 5.56 Å². The van der Waals surface area contributed by atoms with Crippen LogP contribution in [0, 0.1) is 0 Å². The molecule has 0 aliphatic heterocycles. The maximum atomic E-state index is 10.6. The van der Waals surface area contributed by atoms with Gasteiger partial charge in [0, 0.05) is 13.5 Å². The Bertz CT molecular complexity index is 570. The molecule has 1 N–H and O–H groups in total. The molecule has 4 nitrogen and oxygen atoms in total. The van der Waals surface area contributed by atoms with E-state index >= 15 is 0 Å². The lowest BCUT2D eigenvalue weighted by molar-refractivity contribution is -0.136. The molecule has 0 saturated carbocycles. The quantitative estimate of drug-likeness (QED) is 0.897. The number of aryl methyl sites for hydroxylation is 3. The molecular weight excluding hydrogens is 240 g/mol. The molecule has 0 atom stereocenters. The largest absolute Gasteiger partial charge is 0.481 e. The fraction of sp³-hybridized carbons (Fsp3) is 0.333. The van der Waals surface area contributed by atoms with Crippen LogP contribution >= 0.6 is 0 Å². The molecular formula is C15H18N2O2. The number of hydrogen-bond acceptors (Lipinski definition) is 2. The lowest BCUT2D eigenvalue weighted by Gasteiger charge is -2.02. The van der Waals surface area contributed by atoms with E-state index in [-0.39, 0.29) is 6.42 Å². The third kappa shape index (κ3) is 3.22. The van der Waals surface area contributed by atoms with Crippen molar-refractivity contribution in [2.75, 3.05) is 0 Å². The molecule has 0 amide bonds. The van der Waals surface area contributed by atoms with E-state index in [0.29, 0.717) is 6.42 Å². The van der Waals surface area contributed by atoms with Crippen LogP contribution < -0.4 is 0 Å². The average molecular weight is 258 g/mol. The molecule has 2 aromatic rings. The van der Waals surface area contributed by atoms with Crippen LogP contribution in [0.25, 0.3) is 11.3 Å². The summed E-state index contributed by atoms with van der Waals surface area (Å²) in [4.78, 5) is 10.6. The van der Waals surface area contributed by atoms with Crippen molar-refractivity contribution >= 4 is 5.97 Å². The molecule has 0 fully saturated rings. The second-order valence-corrected chi connectivity index (χ2v) is 4.59. The first kappa shape index (κ1) is 13.3. The van der Waals surface area contributed by atoms with Gasteiger partial charge in [-0.25, -0.2) is 0 Å². The zero-order chi connectivity index (χ0) is 13.8. The number of aromatic nitrogens is 2. The number of carbonyl (C=O) groups is 1. The summed E-state index contributed by atoms with van der Waals surface area (Å²) in [5.74, 6) is -0.792. The van der Waals surface area contributed by atoms with Crippen molar-refractivity contribution in [2.24, 2.45) is 7.05 Å². The van der Waals surface area contributed by atoms with Gasteiger partial charge in [-0.05, 0) is 23.6 Å². The minimum Gasteiger partial charge on any atom is -0.481 e. The summed E-state index contributed by atoms with van der Waals surface area (Å²) < 4.78 is 1.80. The topological polar surface area (TPSA) is 55.1 Å². The normalized spacial score (nSPS) is 10.6. The summed E-state index contributed by atoms with van der Waals surface area (Å²) in [5, 5.41) is 13.0. The van der Waals surface area contributed by atoms with Crippen molar-refractivity contribution in [2.45, 2.75) is 26.2 Å². The van der Waals surface area contributed by atoms with E-state index in [1.807, 2.05) is 13.1 Å². The number of benzene rings is 1. The lowest BCUT2D eigenvalue weighted by Crippen LogP contribution is -1.99. The number of carboxylic acid groups (broad SMARTS) is 1. The molecule has 4 heteroatoms. The summed E-state index contributed by atoms with van der Waals surface area (Å²) in [6.45, 7) is 2.13. The average Bonchev–Trinajstić information content (AvgIpc) is 2.78. The van der Waals surface area contributed by atoms with Gasteiger partial charge in [0.25, 0.3) is 0 Å². The Labute approximate surface area is 112 Å².